The molecule has 0 rings (SSSR count). The summed E-state index contributed by atoms with van der Waals surface area (Å²) in [5, 5.41) is 11.6. The van der Waals surface area contributed by atoms with Crippen LogP contribution in [0.2, 0.25) is 0 Å². The lowest BCUT2D eigenvalue weighted by Crippen LogP contribution is -2.41. The molecule has 0 radical (unpaired) electrons. The lowest BCUT2D eigenvalue weighted by Gasteiger charge is -2.16. The maximum atomic E-state index is 11.7. The summed E-state index contributed by atoms with van der Waals surface area (Å²) in [5.41, 5.74) is 0. The number of hydrogen-bond acceptors (Lipinski definition) is 2. The number of carbonyl (C=O) groups is 2. The SMILES string of the molecule is [2H]CCCCCCCCC(=O)N[C@@H](CC(C)C)C(=O)O. The topological polar surface area (TPSA) is 66.4 Å². The van der Waals surface area contributed by atoms with Crippen LogP contribution in [0.3, 0.4) is 0 Å². The molecule has 2 N–H and O–H groups in total. The van der Waals surface area contributed by atoms with Crippen molar-refractivity contribution < 1.29 is 16.1 Å². The molecule has 1 atom stereocenters. The first kappa shape index (κ1) is 16.0. The van der Waals surface area contributed by atoms with E-state index in [-0.39, 0.29) is 11.8 Å². The maximum Gasteiger partial charge on any atom is 0.326 e. The molecular weight excluding hydrogens is 242 g/mol. The number of carboxylic acids is 1. The average molecular weight is 272 g/mol. The average Bonchev–Trinajstić information content (AvgIpc) is 2.36. The number of nitrogens with one attached hydrogen (secondary N) is 1. The molecule has 0 spiro atoms. The number of carbonyl (C=O) groups excluding carboxylic acids is 1. The van der Waals surface area contributed by atoms with Crippen LogP contribution in [-0.4, -0.2) is 23.0 Å². The molecule has 0 aliphatic rings. The minimum Gasteiger partial charge on any atom is -0.480 e. The van der Waals surface area contributed by atoms with Crippen LogP contribution in [0.1, 0.15) is 73.5 Å². The Bertz CT molecular complexity index is 282. The van der Waals surface area contributed by atoms with E-state index in [1.54, 1.807) is 0 Å². The summed E-state index contributed by atoms with van der Waals surface area (Å²) < 4.78 is 7.02. The molecular formula is C15H29NO3. The molecule has 0 fully saturated rings. The molecule has 0 aliphatic heterocycles. The molecule has 0 heterocycles. The summed E-state index contributed by atoms with van der Waals surface area (Å²) in [7, 11) is 0. The molecule has 1 amide bonds. The van der Waals surface area contributed by atoms with E-state index in [0.29, 0.717) is 19.7 Å². The van der Waals surface area contributed by atoms with Gasteiger partial charge >= 0.3 is 5.97 Å². The van der Waals surface area contributed by atoms with Crippen molar-refractivity contribution in [3.05, 3.63) is 0 Å². The molecule has 4 heteroatoms. The van der Waals surface area contributed by atoms with E-state index in [2.05, 4.69) is 5.32 Å². The van der Waals surface area contributed by atoms with Crippen LogP contribution < -0.4 is 5.32 Å². The van der Waals surface area contributed by atoms with Gasteiger partial charge in [0.1, 0.15) is 6.04 Å². The van der Waals surface area contributed by atoms with Gasteiger partial charge in [0.05, 0.1) is 0 Å². The molecule has 4 nitrogen and oxygen atoms in total. The molecule has 112 valence electrons. The highest BCUT2D eigenvalue weighted by Crippen LogP contribution is 2.08. The van der Waals surface area contributed by atoms with Crippen LogP contribution in [-0.2, 0) is 9.59 Å². The standard InChI is InChI=1S/C15H29NO3/c1-4-5-6-7-8-9-10-14(17)16-13(15(18)19)11-12(2)3/h12-13H,4-11H2,1-3H3,(H,16,17)(H,18,19)/t13-/m0/s1/i1D. The highest BCUT2D eigenvalue weighted by Gasteiger charge is 2.20. The van der Waals surface area contributed by atoms with E-state index in [1.165, 1.54) is 0 Å². The van der Waals surface area contributed by atoms with Gasteiger partial charge in [-0.2, -0.15) is 0 Å². The van der Waals surface area contributed by atoms with Crippen LogP contribution in [0, 0.1) is 5.92 Å². The summed E-state index contributed by atoms with van der Waals surface area (Å²) in [6, 6.07) is -0.764. The van der Waals surface area contributed by atoms with Crippen LogP contribution in [0.4, 0.5) is 0 Å². The van der Waals surface area contributed by atoms with Gasteiger partial charge in [0, 0.05) is 7.79 Å². The van der Waals surface area contributed by atoms with Crippen molar-refractivity contribution in [2.75, 3.05) is 0 Å². The Hall–Kier alpha value is -1.06. The minimum atomic E-state index is -0.956. The van der Waals surface area contributed by atoms with E-state index in [0.717, 1.165) is 38.5 Å². The third-order valence-electron chi connectivity index (χ3n) is 2.99. The summed E-state index contributed by atoms with van der Waals surface area (Å²) in [6.07, 6.45) is 6.91. The lowest BCUT2D eigenvalue weighted by atomic mass is 10.0. The van der Waals surface area contributed by atoms with Crippen molar-refractivity contribution in [3.8, 4) is 0 Å². The quantitative estimate of drug-likeness (QED) is 0.567. The minimum absolute atomic E-state index is 0.163. The van der Waals surface area contributed by atoms with Gasteiger partial charge < -0.3 is 10.4 Å². The molecule has 0 unspecified atom stereocenters. The highest BCUT2D eigenvalue weighted by molar-refractivity contribution is 5.83. The fourth-order valence-electron chi connectivity index (χ4n) is 1.95. The van der Waals surface area contributed by atoms with Gasteiger partial charge in [-0.1, -0.05) is 52.9 Å². The van der Waals surface area contributed by atoms with Crippen molar-refractivity contribution in [1.82, 2.24) is 5.32 Å². The van der Waals surface area contributed by atoms with Gasteiger partial charge in [-0.25, -0.2) is 4.79 Å². The third-order valence-corrected chi connectivity index (χ3v) is 2.99. The first-order chi connectivity index (χ1) is 9.47. The van der Waals surface area contributed by atoms with Crippen molar-refractivity contribution in [1.29, 1.82) is 0 Å². The normalized spacial score (nSPS) is 13.1. The van der Waals surface area contributed by atoms with Gasteiger partial charge in [-0.15, -0.1) is 0 Å². The first-order valence-corrected chi connectivity index (χ1v) is 7.28. The second-order valence-electron chi connectivity index (χ2n) is 5.46. The monoisotopic (exact) mass is 272 g/mol. The molecule has 19 heavy (non-hydrogen) atoms. The van der Waals surface area contributed by atoms with E-state index >= 15 is 0 Å². The number of rotatable bonds is 11. The molecule has 0 aromatic carbocycles. The van der Waals surface area contributed by atoms with Gasteiger partial charge in [0.15, 0.2) is 0 Å². The summed E-state index contributed by atoms with van der Waals surface area (Å²) in [5.74, 6) is -0.875. The van der Waals surface area contributed by atoms with Gasteiger partial charge in [0.25, 0.3) is 0 Å². The maximum absolute atomic E-state index is 11.7. The fourth-order valence-corrected chi connectivity index (χ4v) is 1.95. The number of amides is 1. The number of carboxylic acid groups (broad SMARTS) is 1. The first-order valence-electron chi connectivity index (χ1n) is 7.99. The molecule has 0 aromatic rings. The van der Waals surface area contributed by atoms with Gasteiger partial charge in [0.2, 0.25) is 5.91 Å². The predicted molar refractivity (Wildman–Crippen MR) is 77.0 cm³/mol. The Balaban J connectivity index is 3.72. The third kappa shape index (κ3) is 10.5. The Morgan fingerprint density at radius 1 is 1.16 bits per heavy atom. The van der Waals surface area contributed by atoms with E-state index < -0.39 is 12.0 Å². The lowest BCUT2D eigenvalue weighted by molar-refractivity contribution is -0.142. The number of aliphatic carboxylic acids is 1. The van der Waals surface area contributed by atoms with Crippen molar-refractivity contribution >= 4 is 11.9 Å². The summed E-state index contributed by atoms with van der Waals surface area (Å²) >= 11 is 0. The largest absolute Gasteiger partial charge is 0.480 e. The number of unbranched alkanes of at least 4 members (excludes halogenated alkanes) is 5. The molecule has 0 saturated heterocycles. The highest BCUT2D eigenvalue weighted by atomic mass is 16.4. The fraction of sp³-hybridized carbons (Fsp3) is 0.867. The summed E-state index contributed by atoms with van der Waals surface area (Å²) in [6.45, 7) is 4.38. The van der Waals surface area contributed by atoms with E-state index in [9.17, 15) is 9.59 Å². The van der Waals surface area contributed by atoms with Crippen molar-refractivity contribution in [2.24, 2.45) is 5.92 Å². The van der Waals surface area contributed by atoms with Crippen LogP contribution in [0.25, 0.3) is 0 Å². The zero-order valence-electron chi connectivity index (χ0n) is 13.3. The smallest absolute Gasteiger partial charge is 0.326 e. The van der Waals surface area contributed by atoms with Crippen LogP contribution >= 0.6 is 0 Å². The molecule has 0 aromatic heterocycles. The van der Waals surface area contributed by atoms with E-state index in [1.807, 2.05) is 13.8 Å². The molecule has 0 aliphatic carbocycles. The Morgan fingerprint density at radius 2 is 1.79 bits per heavy atom. The molecule has 0 saturated carbocycles. The Labute approximate surface area is 118 Å². The zero-order chi connectivity index (χ0) is 15.4. The van der Waals surface area contributed by atoms with E-state index in [4.69, 9.17) is 6.48 Å². The summed E-state index contributed by atoms with van der Waals surface area (Å²) in [4.78, 5) is 22.7. The second kappa shape index (κ2) is 10.8. The second-order valence-corrected chi connectivity index (χ2v) is 5.46. The zero-order valence-corrected chi connectivity index (χ0v) is 12.3. The van der Waals surface area contributed by atoms with Crippen LogP contribution in [0.15, 0.2) is 0 Å². The van der Waals surface area contributed by atoms with Crippen molar-refractivity contribution in [3.63, 3.8) is 0 Å². The van der Waals surface area contributed by atoms with Crippen LogP contribution in [0.5, 0.6) is 0 Å². The van der Waals surface area contributed by atoms with Gasteiger partial charge in [-0.3, -0.25) is 4.79 Å². The number of hydrogen-bond donors (Lipinski definition) is 2. The van der Waals surface area contributed by atoms with Crippen molar-refractivity contribution in [2.45, 2.75) is 78.2 Å². The Morgan fingerprint density at radius 3 is 2.37 bits per heavy atom. The Kier molecular flexibility index (Phi) is 9.11. The predicted octanol–water partition coefficient (Wildman–Crippen LogP) is 3.35. The molecule has 0 bridgehead atoms. The van der Waals surface area contributed by atoms with Gasteiger partial charge in [-0.05, 0) is 18.8 Å².